The van der Waals surface area contributed by atoms with Crippen LogP contribution in [-0.4, -0.2) is 26.6 Å². The lowest BCUT2D eigenvalue weighted by Crippen LogP contribution is -2.26. The van der Waals surface area contributed by atoms with Crippen LogP contribution >= 0.6 is 11.8 Å². The fourth-order valence-corrected chi connectivity index (χ4v) is 5.11. The fraction of sp³-hybridized carbons (Fsp3) is 0.208. The first-order valence-corrected chi connectivity index (χ1v) is 12.4. The summed E-state index contributed by atoms with van der Waals surface area (Å²) in [6.07, 6.45) is 0. The van der Waals surface area contributed by atoms with Crippen LogP contribution in [-0.2, 0) is 10.0 Å². The summed E-state index contributed by atoms with van der Waals surface area (Å²) in [7, 11) is -3.82. The molecule has 3 aromatic carbocycles. The molecule has 0 atom stereocenters. The first-order chi connectivity index (χ1) is 14.8. The fourth-order valence-electron chi connectivity index (χ4n) is 3.00. The predicted octanol–water partition coefficient (Wildman–Crippen LogP) is 4.93. The number of nitrogens with one attached hydrogen (secondary N) is 2. The van der Waals surface area contributed by atoms with Crippen LogP contribution in [0, 0.1) is 20.8 Å². The molecule has 31 heavy (non-hydrogen) atoms. The van der Waals surface area contributed by atoms with Gasteiger partial charge in [-0.3, -0.25) is 9.52 Å². The molecule has 1 amide bonds. The van der Waals surface area contributed by atoms with Gasteiger partial charge >= 0.3 is 0 Å². The summed E-state index contributed by atoms with van der Waals surface area (Å²) in [5.41, 5.74) is 3.47. The summed E-state index contributed by atoms with van der Waals surface area (Å²) < 4.78 is 28.5. The molecule has 0 saturated heterocycles. The normalized spacial score (nSPS) is 11.2. The quantitative estimate of drug-likeness (QED) is 0.374. The van der Waals surface area contributed by atoms with Crippen LogP contribution < -0.4 is 10.0 Å². The highest BCUT2D eigenvalue weighted by Crippen LogP contribution is 2.22. The highest BCUT2D eigenvalue weighted by atomic mass is 32.2. The Labute approximate surface area is 188 Å². The second kappa shape index (κ2) is 10.0. The maximum atomic E-state index is 13.0. The van der Waals surface area contributed by atoms with Crippen molar-refractivity contribution in [3.8, 4) is 0 Å². The molecule has 3 rings (SSSR count). The van der Waals surface area contributed by atoms with Crippen molar-refractivity contribution in [1.82, 2.24) is 5.32 Å². The van der Waals surface area contributed by atoms with Gasteiger partial charge in [-0.05, 0) is 73.9 Å². The first kappa shape index (κ1) is 22.9. The van der Waals surface area contributed by atoms with E-state index in [2.05, 4.69) is 10.0 Å². The molecule has 0 fully saturated rings. The minimum atomic E-state index is -3.82. The van der Waals surface area contributed by atoms with Crippen LogP contribution in [0.1, 0.15) is 27.0 Å². The van der Waals surface area contributed by atoms with E-state index >= 15 is 0 Å². The minimum absolute atomic E-state index is 0.0945. The van der Waals surface area contributed by atoms with Gasteiger partial charge in [-0.25, -0.2) is 8.42 Å². The van der Waals surface area contributed by atoms with Crippen LogP contribution in [0.5, 0.6) is 0 Å². The predicted molar refractivity (Wildman–Crippen MR) is 127 cm³/mol. The number of carbonyl (C=O) groups excluding carboxylic acids is 1. The Bertz CT molecular complexity index is 1180. The average molecular weight is 455 g/mol. The zero-order chi connectivity index (χ0) is 22.4. The number of sulfonamides is 1. The maximum absolute atomic E-state index is 13.0. The third-order valence-corrected chi connectivity index (χ3v) is 7.44. The van der Waals surface area contributed by atoms with Gasteiger partial charge in [-0.2, -0.15) is 0 Å². The molecule has 0 unspecified atom stereocenters. The lowest BCUT2D eigenvalue weighted by atomic mass is 10.1. The maximum Gasteiger partial charge on any atom is 0.262 e. The molecule has 0 aliphatic rings. The standard InChI is InChI=1S/C24H26N2O3S2/c1-17-10-12-21(15-19(17)3)26-31(28,29)23-16-20(11-9-18(23)2)24(27)25-13-14-30-22-7-5-4-6-8-22/h4-12,15-16,26H,13-14H2,1-3H3,(H,25,27). The van der Waals surface area contributed by atoms with Crippen molar-refractivity contribution in [3.63, 3.8) is 0 Å². The first-order valence-electron chi connectivity index (χ1n) is 9.93. The summed E-state index contributed by atoms with van der Waals surface area (Å²) in [4.78, 5) is 13.8. The Morgan fingerprint density at radius 1 is 0.871 bits per heavy atom. The summed E-state index contributed by atoms with van der Waals surface area (Å²) in [5, 5.41) is 2.86. The molecule has 7 heteroatoms. The van der Waals surface area contributed by atoms with Crippen LogP contribution in [0.15, 0.2) is 76.5 Å². The van der Waals surface area contributed by atoms with Crippen molar-refractivity contribution in [2.45, 2.75) is 30.6 Å². The Balaban J connectivity index is 1.68. The molecule has 162 valence electrons. The van der Waals surface area contributed by atoms with Gasteiger partial charge in [0, 0.05) is 28.4 Å². The highest BCUT2D eigenvalue weighted by molar-refractivity contribution is 7.99. The molecule has 0 saturated carbocycles. The van der Waals surface area contributed by atoms with Crippen molar-refractivity contribution in [1.29, 1.82) is 0 Å². The minimum Gasteiger partial charge on any atom is -0.351 e. The number of carbonyl (C=O) groups is 1. The molecule has 0 radical (unpaired) electrons. The Kier molecular flexibility index (Phi) is 7.41. The van der Waals surface area contributed by atoms with Gasteiger partial charge in [0.05, 0.1) is 4.90 Å². The van der Waals surface area contributed by atoms with Crippen molar-refractivity contribution in [2.75, 3.05) is 17.0 Å². The van der Waals surface area contributed by atoms with Gasteiger partial charge in [0.1, 0.15) is 0 Å². The molecule has 0 spiro atoms. The molecule has 3 aromatic rings. The molecule has 2 N–H and O–H groups in total. The van der Waals surface area contributed by atoms with E-state index < -0.39 is 10.0 Å². The van der Waals surface area contributed by atoms with Crippen molar-refractivity contribution < 1.29 is 13.2 Å². The number of hydrogen-bond donors (Lipinski definition) is 2. The molecule has 5 nitrogen and oxygen atoms in total. The number of thioether (sulfide) groups is 1. The Morgan fingerprint density at radius 2 is 1.58 bits per heavy atom. The Morgan fingerprint density at radius 3 is 2.29 bits per heavy atom. The van der Waals surface area contributed by atoms with Crippen LogP contribution in [0.3, 0.4) is 0 Å². The zero-order valence-corrected chi connectivity index (χ0v) is 19.4. The second-order valence-electron chi connectivity index (χ2n) is 7.30. The lowest BCUT2D eigenvalue weighted by molar-refractivity contribution is 0.0956. The largest absolute Gasteiger partial charge is 0.351 e. The third kappa shape index (κ3) is 6.12. The van der Waals surface area contributed by atoms with Gasteiger partial charge in [-0.15, -0.1) is 11.8 Å². The smallest absolute Gasteiger partial charge is 0.262 e. The highest BCUT2D eigenvalue weighted by Gasteiger charge is 2.19. The number of benzene rings is 3. The van der Waals surface area contributed by atoms with Crippen molar-refractivity contribution in [2.24, 2.45) is 0 Å². The number of rotatable bonds is 8. The molecule has 0 aromatic heterocycles. The summed E-state index contributed by atoms with van der Waals surface area (Å²) >= 11 is 1.65. The second-order valence-corrected chi connectivity index (χ2v) is 10.1. The van der Waals surface area contributed by atoms with E-state index in [4.69, 9.17) is 0 Å². The number of amides is 1. The number of aryl methyl sites for hydroxylation is 3. The van der Waals surface area contributed by atoms with E-state index in [1.807, 2.05) is 50.2 Å². The van der Waals surface area contributed by atoms with Gasteiger partial charge in [0.15, 0.2) is 0 Å². The Hall–Kier alpha value is -2.77. The average Bonchev–Trinajstić information content (AvgIpc) is 2.74. The van der Waals surface area contributed by atoms with E-state index in [-0.39, 0.29) is 10.8 Å². The molecular formula is C24H26N2O3S2. The number of hydrogen-bond acceptors (Lipinski definition) is 4. The monoisotopic (exact) mass is 454 g/mol. The van der Waals surface area contributed by atoms with E-state index in [0.717, 1.165) is 21.8 Å². The van der Waals surface area contributed by atoms with Crippen molar-refractivity contribution in [3.05, 3.63) is 89.0 Å². The van der Waals surface area contributed by atoms with Gasteiger partial charge < -0.3 is 5.32 Å². The molecule has 0 aliphatic carbocycles. The molecule has 0 aliphatic heterocycles. The SMILES string of the molecule is Cc1ccc(NS(=O)(=O)c2cc(C(=O)NCCSc3ccccc3)ccc2C)cc1C. The summed E-state index contributed by atoms with van der Waals surface area (Å²) in [5.74, 6) is 0.428. The van der Waals surface area contributed by atoms with Crippen LogP contribution in [0.25, 0.3) is 0 Å². The summed E-state index contributed by atoms with van der Waals surface area (Å²) in [6, 6.07) is 20.1. The van der Waals surface area contributed by atoms with Crippen LogP contribution in [0.2, 0.25) is 0 Å². The van der Waals surface area contributed by atoms with E-state index in [1.54, 1.807) is 43.0 Å². The topological polar surface area (TPSA) is 75.3 Å². The van der Waals surface area contributed by atoms with Crippen LogP contribution in [0.4, 0.5) is 5.69 Å². The van der Waals surface area contributed by atoms with E-state index in [0.29, 0.717) is 23.4 Å². The molecule has 0 bridgehead atoms. The molecule has 0 heterocycles. The van der Waals surface area contributed by atoms with Gasteiger partial charge in [0.2, 0.25) is 0 Å². The van der Waals surface area contributed by atoms with E-state index in [1.165, 1.54) is 6.07 Å². The molecular weight excluding hydrogens is 428 g/mol. The number of anilines is 1. The van der Waals surface area contributed by atoms with Gasteiger partial charge in [-0.1, -0.05) is 30.3 Å². The van der Waals surface area contributed by atoms with Crippen molar-refractivity contribution >= 4 is 33.4 Å². The lowest BCUT2D eigenvalue weighted by Gasteiger charge is -2.13. The zero-order valence-electron chi connectivity index (χ0n) is 17.8. The van der Waals surface area contributed by atoms with Gasteiger partial charge in [0.25, 0.3) is 15.9 Å². The third-order valence-electron chi connectivity index (χ3n) is 4.90. The van der Waals surface area contributed by atoms with E-state index in [9.17, 15) is 13.2 Å². The summed E-state index contributed by atoms with van der Waals surface area (Å²) in [6.45, 7) is 6.10.